The molecule has 1 rings (SSSR count). The summed E-state index contributed by atoms with van der Waals surface area (Å²) in [5.74, 6) is -2.80. The highest BCUT2D eigenvalue weighted by atomic mass is 19.4. The van der Waals surface area contributed by atoms with Gasteiger partial charge in [-0.15, -0.1) is 0 Å². The van der Waals surface area contributed by atoms with Crippen molar-refractivity contribution in [2.24, 2.45) is 0 Å². The maximum atomic E-state index is 13.4. The molecule has 0 amide bonds. The second-order valence-corrected chi connectivity index (χ2v) is 3.63. The summed E-state index contributed by atoms with van der Waals surface area (Å²) in [7, 11) is 1.60. The minimum Gasteiger partial charge on any atom is -0.487 e. The summed E-state index contributed by atoms with van der Waals surface area (Å²) in [4.78, 5) is 0. The number of hydrogen-bond acceptors (Lipinski definition) is 2. The fraction of sp³-hybridized carbons (Fsp3) is 0.455. The first-order valence-corrected chi connectivity index (χ1v) is 5.15. The van der Waals surface area contributed by atoms with Crippen molar-refractivity contribution in [2.75, 3.05) is 13.7 Å². The van der Waals surface area contributed by atoms with Crippen LogP contribution in [0.15, 0.2) is 12.1 Å². The molecule has 2 nitrogen and oxygen atoms in total. The van der Waals surface area contributed by atoms with Crippen LogP contribution in [0.2, 0.25) is 0 Å². The molecule has 18 heavy (non-hydrogen) atoms. The molecule has 0 bridgehead atoms. The van der Waals surface area contributed by atoms with Crippen LogP contribution in [-0.4, -0.2) is 19.8 Å². The molecule has 0 atom stereocenters. The van der Waals surface area contributed by atoms with E-state index >= 15 is 0 Å². The average Bonchev–Trinajstić information content (AvgIpc) is 2.21. The number of hydrogen-bond donors (Lipinski definition) is 1. The normalized spacial score (nSPS) is 11.7. The predicted molar refractivity (Wildman–Crippen MR) is 55.3 cm³/mol. The number of benzene rings is 1. The van der Waals surface area contributed by atoms with Gasteiger partial charge in [0, 0.05) is 6.54 Å². The predicted octanol–water partition coefficient (Wildman–Crippen LogP) is 3.02. The van der Waals surface area contributed by atoms with Crippen molar-refractivity contribution in [1.82, 2.24) is 5.32 Å². The molecule has 0 unspecified atom stereocenters. The highest BCUT2D eigenvalue weighted by molar-refractivity contribution is 5.31. The zero-order chi connectivity index (χ0) is 13.8. The third kappa shape index (κ3) is 4.48. The van der Waals surface area contributed by atoms with Gasteiger partial charge in [-0.25, -0.2) is 8.78 Å². The van der Waals surface area contributed by atoms with Crippen LogP contribution < -0.4 is 10.1 Å². The van der Waals surface area contributed by atoms with Crippen LogP contribution in [-0.2, 0) is 6.54 Å². The Balaban J connectivity index is 2.71. The van der Waals surface area contributed by atoms with Crippen molar-refractivity contribution in [1.29, 1.82) is 0 Å². The van der Waals surface area contributed by atoms with Gasteiger partial charge in [0.05, 0.1) is 13.0 Å². The van der Waals surface area contributed by atoms with E-state index in [1.807, 2.05) is 0 Å². The van der Waals surface area contributed by atoms with Gasteiger partial charge < -0.3 is 10.1 Å². The fourth-order valence-electron chi connectivity index (χ4n) is 1.33. The molecule has 0 aliphatic carbocycles. The largest absolute Gasteiger partial charge is 0.487 e. The molecule has 0 heterocycles. The van der Waals surface area contributed by atoms with Crippen molar-refractivity contribution >= 4 is 0 Å². The summed E-state index contributed by atoms with van der Waals surface area (Å²) in [6.07, 6.45) is -5.68. The third-order valence-electron chi connectivity index (χ3n) is 2.07. The number of nitrogens with one attached hydrogen (secondary N) is 1. The van der Waals surface area contributed by atoms with Gasteiger partial charge in [0.2, 0.25) is 0 Å². The molecule has 0 spiro atoms. The van der Waals surface area contributed by atoms with E-state index in [-0.39, 0.29) is 6.54 Å². The number of ether oxygens (including phenoxy) is 1. The highest BCUT2D eigenvalue weighted by Gasteiger charge is 2.27. The third-order valence-corrected chi connectivity index (χ3v) is 2.07. The van der Waals surface area contributed by atoms with Crippen molar-refractivity contribution in [3.05, 3.63) is 29.3 Å². The van der Waals surface area contributed by atoms with E-state index in [1.54, 1.807) is 7.05 Å². The lowest BCUT2D eigenvalue weighted by Gasteiger charge is -2.11. The molecule has 0 aliphatic heterocycles. The van der Waals surface area contributed by atoms with Crippen LogP contribution in [0.3, 0.4) is 0 Å². The first-order chi connectivity index (χ1) is 8.33. The van der Waals surface area contributed by atoms with E-state index < -0.39 is 36.6 Å². The minimum atomic E-state index is -4.42. The van der Waals surface area contributed by atoms with Gasteiger partial charge in [-0.1, -0.05) is 0 Å². The second-order valence-electron chi connectivity index (χ2n) is 3.63. The Hall–Kier alpha value is -1.37. The Morgan fingerprint density at radius 2 is 1.72 bits per heavy atom. The van der Waals surface area contributed by atoms with E-state index in [0.717, 1.165) is 12.1 Å². The Morgan fingerprint density at radius 1 is 1.17 bits per heavy atom. The maximum Gasteiger partial charge on any atom is 0.392 e. The molecule has 0 saturated heterocycles. The van der Waals surface area contributed by atoms with Gasteiger partial charge in [-0.05, 0) is 24.7 Å². The van der Waals surface area contributed by atoms with Crippen molar-refractivity contribution in [3.63, 3.8) is 0 Å². The summed E-state index contributed by atoms with van der Waals surface area (Å²) in [6, 6.07) is 2.03. The molecule has 1 aromatic carbocycles. The van der Waals surface area contributed by atoms with Crippen molar-refractivity contribution in [2.45, 2.75) is 19.1 Å². The summed E-state index contributed by atoms with van der Waals surface area (Å²) >= 11 is 0. The SMILES string of the molecule is CNCc1cc(F)c(OCCC(F)(F)F)c(F)c1. The van der Waals surface area contributed by atoms with E-state index in [2.05, 4.69) is 10.1 Å². The summed E-state index contributed by atoms with van der Waals surface area (Å²) in [6.45, 7) is -0.570. The molecule has 1 N–H and O–H groups in total. The topological polar surface area (TPSA) is 21.3 Å². The standard InChI is InChI=1S/C11H12F5NO/c1-17-6-7-4-8(12)10(9(13)5-7)18-3-2-11(14,15)16/h4-5,17H,2-3,6H2,1H3. The second kappa shape index (κ2) is 5.99. The Labute approximate surface area is 101 Å². The van der Waals surface area contributed by atoms with E-state index in [0.29, 0.717) is 5.56 Å². The molecule has 1 aromatic rings. The summed E-state index contributed by atoms with van der Waals surface area (Å²) in [5.41, 5.74) is 0.343. The lowest BCUT2D eigenvalue weighted by atomic mass is 10.2. The Kier molecular flexibility index (Phi) is 4.89. The monoisotopic (exact) mass is 269 g/mol. The van der Waals surface area contributed by atoms with Crippen molar-refractivity contribution in [3.8, 4) is 5.75 Å². The lowest BCUT2D eigenvalue weighted by Crippen LogP contribution is -2.14. The quantitative estimate of drug-likeness (QED) is 0.830. The van der Waals surface area contributed by atoms with Gasteiger partial charge in [-0.2, -0.15) is 13.2 Å². The molecule has 7 heteroatoms. The highest BCUT2D eigenvalue weighted by Crippen LogP contribution is 2.25. The molecule has 0 fully saturated rings. The van der Waals surface area contributed by atoms with Gasteiger partial charge >= 0.3 is 6.18 Å². The minimum absolute atomic E-state index is 0.247. The first-order valence-electron chi connectivity index (χ1n) is 5.15. The zero-order valence-corrected chi connectivity index (χ0v) is 9.57. The van der Waals surface area contributed by atoms with Crippen molar-refractivity contribution < 1.29 is 26.7 Å². The molecule has 0 aliphatic rings. The molecule has 0 radical (unpaired) electrons. The first kappa shape index (κ1) is 14.7. The Bertz CT molecular complexity index is 382. The van der Waals surface area contributed by atoms with Crippen LogP contribution >= 0.6 is 0 Å². The summed E-state index contributed by atoms with van der Waals surface area (Å²) in [5, 5.41) is 2.70. The average molecular weight is 269 g/mol. The van der Waals surface area contributed by atoms with Gasteiger partial charge in [-0.3, -0.25) is 0 Å². The number of halogens is 5. The van der Waals surface area contributed by atoms with E-state index in [9.17, 15) is 22.0 Å². The number of rotatable bonds is 5. The van der Waals surface area contributed by atoms with E-state index in [4.69, 9.17) is 0 Å². The van der Waals surface area contributed by atoms with Crippen LogP contribution in [0.25, 0.3) is 0 Å². The lowest BCUT2D eigenvalue weighted by molar-refractivity contribution is -0.139. The van der Waals surface area contributed by atoms with Crippen LogP contribution in [0, 0.1) is 11.6 Å². The maximum absolute atomic E-state index is 13.4. The van der Waals surface area contributed by atoms with Crippen LogP contribution in [0.5, 0.6) is 5.75 Å². The molecule has 102 valence electrons. The van der Waals surface area contributed by atoms with Gasteiger partial charge in [0.1, 0.15) is 0 Å². The van der Waals surface area contributed by atoms with Crippen LogP contribution in [0.4, 0.5) is 22.0 Å². The smallest absolute Gasteiger partial charge is 0.392 e. The molecular weight excluding hydrogens is 257 g/mol. The molecule has 0 saturated carbocycles. The van der Waals surface area contributed by atoms with E-state index in [1.165, 1.54) is 0 Å². The number of alkyl halides is 3. The fourth-order valence-corrected chi connectivity index (χ4v) is 1.33. The molecular formula is C11H12F5NO. The molecule has 0 aromatic heterocycles. The van der Waals surface area contributed by atoms with Crippen LogP contribution in [0.1, 0.15) is 12.0 Å². The Morgan fingerprint density at radius 3 is 2.17 bits per heavy atom. The summed E-state index contributed by atoms with van der Waals surface area (Å²) < 4.78 is 66.8. The zero-order valence-electron chi connectivity index (χ0n) is 9.57. The van der Waals surface area contributed by atoms with Gasteiger partial charge in [0.15, 0.2) is 17.4 Å². The van der Waals surface area contributed by atoms with Gasteiger partial charge in [0.25, 0.3) is 0 Å².